The van der Waals surface area contributed by atoms with Crippen LogP contribution < -0.4 is 9.64 Å². The third kappa shape index (κ3) is 4.26. The van der Waals surface area contributed by atoms with Crippen LogP contribution in [0, 0.1) is 20.2 Å². The Hall–Kier alpha value is -5.09. The number of ether oxygens (including phenoxy) is 2. The Kier molecular flexibility index (Phi) is 6.01. The van der Waals surface area contributed by atoms with Crippen molar-refractivity contribution in [2.75, 3.05) is 12.0 Å². The first-order valence-electron chi connectivity index (χ1n) is 12.2. The largest absolute Gasteiger partial charge is 0.497 e. The van der Waals surface area contributed by atoms with E-state index in [9.17, 15) is 20.2 Å². The van der Waals surface area contributed by atoms with E-state index in [0.717, 1.165) is 28.1 Å². The van der Waals surface area contributed by atoms with Gasteiger partial charge in [-0.2, -0.15) is 0 Å². The van der Waals surface area contributed by atoms with Crippen molar-refractivity contribution >= 4 is 28.5 Å². The summed E-state index contributed by atoms with van der Waals surface area (Å²) in [6.45, 7) is 0. The fraction of sp³-hybridized carbons (Fsp3) is 0.138. The summed E-state index contributed by atoms with van der Waals surface area (Å²) < 4.78 is 12.1. The monoisotopic (exact) mass is 522 g/mol. The third-order valence-corrected chi connectivity index (χ3v) is 7.01. The summed E-state index contributed by atoms with van der Waals surface area (Å²) in [5.74, 6) is 0.715. The van der Waals surface area contributed by atoms with Gasteiger partial charge < -0.3 is 14.4 Å². The molecule has 1 saturated heterocycles. The smallest absolute Gasteiger partial charge is 0.269 e. The van der Waals surface area contributed by atoms with Crippen molar-refractivity contribution in [1.82, 2.24) is 0 Å². The maximum Gasteiger partial charge on any atom is 0.269 e. The molecule has 4 aromatic carbocycles. The molecule has 0 amide bonds. The summed E-state index contributed by atoms with van der Waals surface area (Å²) in [4.78, 5) is 28.8. The van der Waals surface area contributed by atoms with E-state index in [2.05, 4.69) is 4.90 Å². The standard InChI is InChI=1S/C29H22N4O6/c1-38-23-16-10-18(11-17-23)26-29-31(25-5-3-2-4-24(25)30-26)27(19-6-12-21(13-7-19)32(34)35)28(39-29)20-8-14-22(15-9-20)33(36)37/h2-17,27-29H,1H3/t27-,28+,29+/m0/s1. The molecule has 1 fully saturated rings. The fourth-order valence-corrected chi connectivity index (χ4v) is 5.15. The molecule has 10 heteroatoms. The van der Waals surface area contributed by atoms with Gasteiger partial charge in [0.15, 0.2) is 6.23 Å². The van der Waals surface area contributed by atoms with Crippen molar-refractivity contribution in [2.45, 2.75) is 18.4 Å². The third-order valence-electron chi connectivity index (χ3n) is 7.01. The summed E-state index contributed by atoms with van der Waals surface area (Å²) in [6, 6.07) is 27.6. The second-order valence-electron chi connectivity index (χ2n) is 9.17. The van der Waals surface area contributed by atoms with Gasteiger partial charge in [-0.05, 0) is 59.7 Å². The number of hydrogen-bond acceptors (Lipinski definition) is 8. The van der Waals surface area contributed by atoms with Crippen molar-refractivity contribution in [3.05, 3.63) is 134 Å². The summed E-state index contributed by atoms with van der Waals surface area (Å²) in [5.41, 5.74) is 4.68. The molecule has 0 spiro atoms. The molecule has 3 atom stereocenters. The number of nitro groups is 2. The molecule has 39 heavy (non-hydrogen) atoms. The van der Waals surface area contributed by atoms with Crippen molar-refractivity contribution in [3.8, 4) is 5.75 Å². The first-order valence-corrected chi connectivity index (χ1v) is 12.2. The number of para-hydroxylation sites is 2. The van der Waals surface area contributed by atoms with Crippen LogP contribution in [0.1, 0.15) is 28.8 Å². The van der Waals surface area contributed by atoms with Crippen molar-refractivity contribution in [2.24, 2.45) is 4.99 Å². The molecule has 0 aliphatic carbocycles. The van der Waals surface area contributed by atoms with Gasteiger partial charge in [-0.3, -0.25) is 20.2 Å². The first kappa shape index (κ1) is 24.3. The normalized spacial score (nSPS) is 19.6. The highest BCUT2D eigenvalue weighted by Crippen LogP contribution is 2.52. The van der Waals surface area contributed by atoms with E-state index in [0.29, 0.717) is 11.5 Å². The number of hydrogen-bond donors (Lipinski definition) is 0. The van der Waals surface area contributed by atoms with E-state index < -0.39 is 28.2 Å². The van der Waals surface area contributed by atoms with Gasteiger partial charge in [-0.25, -0.2) is 4.99 Å². The predicted molar refractivity (Wildman–Crippen MR) is 145 cm³/mol. The summed E-state index contributed by atoms with van der Waals surface area (Å²) in [5, 5.41) is 22.6. The van der Waals surface area contributed by atoms with E-state index in [1.54, 1.807) is 31.4 Å². The Morgan fingerprint density at radius 3 is 1.97 bits per heavy atom. The summed E-state index contributed by atoms with van der Waals surface area (Å²) >= 11 is 0. The lowest BCUT2D eigenvalue weighted by atomic mass is 9.93. The molecular weight excluding hydrogens is 500 g/mol. The average molecular weight is 523 g/mol. The molecule has 0 radical (unpaired) electrons. The van der Waals surface area contributed by atoms with E-state index >= 15 is 0 Å². The number of methoxy groups -OCH3 is 1. The highest BCUT2D eigenvalue weighted by molar-refractivity contribution is 6.09. The van der Waals surface area contributed by atoms with E-state index in [-0.39, 0.29) is 11.4 Å². The number of benzene rings is 4. The lowest BCUT2D eigenvalue weighted by Crippen LogP contribution is -2.41. The Morgan fingerprint density at radius 2 is 1.38 bits per heavy atom. The molecule has 2 aliphatic heterocycles. The Bertz CT molecular complexity index is 1590. The number of nitro benzene ring substituents is 2. The number of aliphatic imine (C=N–C) groups is 1. The van der Waals surface area contributed by atoms with Gasteiger partial charge in [0.25, 0.3) is 11.4 Å². The van der Waals surface area contributed by atoms with Crippen LogP contribution >= 0.6 is 0 Å². The molecule has 2 aliphatic rings. The molecule has 0 N–H and O–H groups in total. The minimum absolute atomic E-state index is 0.0133. The van der Waals surface area contributed by atoms with Crippen LogP contribution in [-0.4, -0.2) is 28.9 Å². The summed E-state index contributed by atoms with van der Waals surface area (Å²) in [6.07, 6.45) is -1.14. The number of non-ortho nitro benzene ring substituents is 2. The minimum atomic E-state index is -0.589. The molecular formula is C29H22N4O6. The van der Waals surface area contributed by atoms with Gasteiger partial charge in [0.1, 0.15) is 11.9 Å². The van der Waals surface area contributed by atoms with Crippen molar-refractivity contribution in [3.63, 3.8) is 0 Å². The van der Waals surface area contributed by atoms with Crippen LogP contribution in [0.2, 0.25) is 0 Å². The quantitative estimate of drug-likeness (QED) is 0.215. The van der Waals surface area contributed by atoms with E-state index in [1.807, 2.05) is 48.5 Å². The van der Waals surface area contributed by atoms with Crippen LogP contribution in [-0.2, 0) is 4.74 Å². The van der Waals surface area contributed by atoms with Crippen molar-refractivity contribution < 1.29 is 19.3 Å². The molecule has 10 nitrogen and oxygen atoms in total. The lowest BCUT2D eigenvalue weighted by molar-refractivity contribution is -0.385. The molecule has 0 saturated carbocycles. The van der Waals surface area contributed by atoms with Crippen LogP contribution in [0.5, 0.6) is 5.75 Å². The van der Waals surface area contributed by atoms with Gasteiger partial charge in [-0.1, -0.05) is 24.3 Å². The minimum Gasteiger partial charge on any atom is -0.497 e. The van der Waals surface area contributed by atoms with Gasteiger partial charge in [-0.15, -0.1) is 0 Å². The molecule has 2 heterocycles. The Balaban J connectivity index is 1.51. The zero-order valence-electron chi connectivity index (χ0n) is 20.7. The van der Waals surface area contributed by atoms with Crippen LogP contribution in [0.3, 0.4) is 0 Å². The van der Waals surface area contributed by atoms with E-state index in [1.165, 1.54) is 24.3 Å². The molecule has 0 bridgehead atoms. The molecule has 6 rings (SSSR count). The second kappa shape index (κ2) is 9.66. The van der Waals surface area contributed by atoms with E-state index in [4.69, 9.17) is 14.5 Å². The topological polar surface area (TPSA) is 120 Å². The fourth-order valence-electron chi connectivity index (χ4n) is 5.15. The summed E-state index contributed by atoms with van der Waals surface area (Å²) in [7, 11) is 1.61. The van der Waals surface area contributed by atoms with Gasteiger partial charge in [0.2, 0.25) is 0 Å². The highest BCUT2D eigenvalue weighted by atomic mass is 16.6. The number of nitrogens with zero attached hydrogens (tertiary/aromatic N) is 4. The zero-order valence-corrected chi connectivity index (χ0v) is 20.7. The molecule has 0 unspecified atom stereocenters. The van der Waals surface area contributed by atoms with Crippen molar-refractivity contribution in [1.29, 1.82) is 0 Å². The average Bonchev–Trinajstić information content (AvgIpc) is 3.38. The Morgan fingerprint density at radius 1 is 0.795 bits per heavy atom. The molecule has 4 aromatic rings. The maximum atomic E-state index is 11.3. The van der Waals surface area contributed by atoms with Crippen LogP contribution in [0.4, 0.5) is 22.7 Å². The Labute approximate surface area is 223 Å². The molecule has 0 aromatic heterocycles. The lowest BCUT2D eigenvalue weighted by Gasteiger charge is -2.35. The van der Waals surface area contributed by atoms with Gasteiger partial charge >= 0.3 is 0 Å². The maximum absolute atomic E-state index is 11.3. The second-order valence-corrected chi connectivity index (χ2v) is 9.17. The van der Waals surface area contributed by atoms with Gasteiger partial charge in [0.05, 0.1) is 40.1 Å². The van der Waals surface area contributed by atoms with Gasteiger partial charge in [0, 0.05) is 29.8 Å². The number of rotatable bonds is 6. The molecule has 194 valence electrons. The van der Waals surface area contributed by atoms with Crippen LogP contribution in [0.15, 0.2) is 102 Å². The zero-order chi connectivity index (χ0) is 27.1. The number of fused-ring (bicyclic) bond motifs is 3. The van der Waals surface area contributed by atoms with Crippen LogP contribution in [0.25, 0.3) is 0 Å². The predicted octanol–water partition coefficient (Wildman–Crippen LogP) is 6.29. The highest BCUT2D eigenvalue weighted by Gasteiger charge is 2.48. The number of anilines is 1. The SMILES string of the molecule is COc1ccc(C2=Nc3ccccc3N3[C@@H]2O[C@H](c2ccc([N+](=O)[O-])cc2)[C@@H]3c2ccc([N+](=O)[O-])cc2)cc1. The first-order chi connectivity index (χ1) is 18.9.